The van der Waals surface area contributed by atoms with Gasteiger partial charge in [0.15, 0.2) is 8.80 Å². The van der Waals surface area contributed by atoms with Crippen LogP contribution in [0.3, 0.4) is 0 Å². The predicted molar refractivity (Wildman–Crippen MR) is 110 cm³/mol. The standard InChI is InChI=1S/C24H25Si/c1-4-10-20(11-5-1)21-16-18-24(19-17-21)25(22-12-6-2-7-13-22)23-14-8-3-9-15-23/h2-3,6-9,12-20H,1,4-5,10-11H2. The lowest BCUT2D eigenvalue weighted by atomic mass is 9.84. The minimum Gasteiger partial charge on any atom is -0.0624 e. The van der Waals surface area contributed by atoms with Gasteiger partial charge in [-0.2, -0.15) is 0 Å². The molecule has 0 spiro atoms. The molecule has 0 saturated heterocycles. The van der Waals surface area contributed by atoms with Crippen molar-refractivity contribution in [3.05, 3.63) is 90.5 Å². The van der Waals surface area contributed by atoms with E-state index < -0.39 is 8.80 Å². The van der Waals surface area contributed by atoms with Crippen molar-refractivity contribution in [1.29, 1.82) is 0 Å². The third kappa shape index (κ3) is 3.77. The molecular weight excluding hydrogens is 316 g/mol. The number of benzene rings is 3. The molecule has 0 heterocycles. The predicted octanol–water partition coefficient (Wildman–Crippen LogP) is 4.25. The van der Waals surface area contributed by atoms with Crippen molar-refractivity contribution in [3.63, 3.8) is 0 Å². The molecule has 0 nitrogen and oxygen atoms in total. The highest BCUT2D eigenvalue weighted by molar-refractivity contribution is 6.95. The number of rotatable bonds is 4. The van der Waals surface area contributed by atoms with Crippen LogP contribution in [0.25, 0.3) is 0 Å². The average Bonchev–Trinajstić information content (AvgIpc) is 2.71. The minimum atomic E-state index is -0.924. The molecule has 1 fully saturated rings. The summed E-state index contributed by atoms with van der Waals surface area (Å²) in [6.45, 7) is 0. The Kier molecular flexibility index (Phi) is 5.13. The van der Waals surface area contributed by atoms with Crippen LogP contribution in [-0.2, 0) is 0 Å². The van der Waals surface area contributed by atoms with Crippen LogP contribution >= 0.6 is 0 Å². The van der Waals surface area contributed by atoms with Gasteiger partial charge in [-0.1, -0.05) is 120 Å². The monoisotopic (exact) mass is 341 g/mol. The maximum Gasteiger partial charge on any atom is 0.154 e. The minimum absolute atomic E-state index is 0.784. The third-order valence-corrected chi connectivity index (χ3v) is 8.13. The topological polar surface area (TPSA) is 0 Å². The first-order chi connectivity index (χ1) is 12.4. The fraction of sp³-hybridized carbons (Fsp3) is 0.250. The molecule has 3 aromatic carbocycles. The van der Waals surface area contributed by atoms with Gasteiger partial charge in [-0.05, 0) is 24.3 Å². The summed E-state index contributed by atoms with van der Waals surface area (Å²) in [5, 5.41) is 4.41. The molecule has 0 unspecified atom stereocenters. The van der Waals surface area contributed by atoms with E-state index >= 15 is 0 Å². The Bertz CT molecular complexity index is 732. The van der Waals surface area contributed by atoms with E-state index in [0.29, 0.717) is 0 Å². The summed E-state index contributed by atoms with van der Waals surface area (Å²) in [5.41, 5.74) is 1.55. The van der Waals surface area contributed by atoms with Gasteiger partial charge in [0, 0.05) is 0 Å². The fourth-order valence-corrected chi connectivity index (χ4v) is 6.62. The van der Waals surface area contributed by atoms with E-state index in [1.807, 2.05) is 0 Å². The molecule has 3 aromatic rings. The van der Waals surface area contributed by atoms with Crippen molar-refractivity contribution in [2.45, 2.75) is 38.0 Å². The van der Waals surface area contributed by atoms with Gasteiger partial charge < -0.3 is 0 Å². The first-order valence-corrected chi connectivity index (χ1v) is 11.0. The second-order valence-electron chi connectivity index (χ2n) is 7.06. The largest absolute Gasteiger partial charge is 0.154 e. The first kappa shape index (κ1) is 16.4. The van der Waals surface area contributed by atoms with E-state index in [1.54, 1.807) is 5.56 Å². The summed E-state index contributed by atoms with van der Waals surface area (Å²) in [7, 11) is -0.924. The lowest BCUT2D eigenvalue weighted by Crippen LogP contribution is -2.51. The van der Waals surface area contributed by atoms with Gasteiger partial charge in [0.2, 0.25) is 0 Å². The Morgan fingerprint density at radius 1 is 0.520 bits per heavy atom. The summed E-state index contributed by atoms with van der Waals surface area (Å²) in [6, 6.07) is 31.7. The summed E-state index contributed by atoms with van der Waals surface area (Å²) in [4.78, 5) is 0. The van der Waals surface area contributed by atoms with Gasteiger partial charge in [0.1, 0.15) is 0 Å². The van der Waals surface area contributed by atoms with Crippen LogP contribution in [0, 0.1) is 0 Å². The van der Waals surface area contributed by atoms with Gasteiger partial charge in [0.25, 0.3) is 0 Å². The summed E-state index contributed by atoms with van der Waals surface area (Å²) in [5.74, 6) is 0.784. The Morgan fingerprint density at radius 2 is 1.00 bits per heavy atom. The van der Waals surface area contributed by atoms with Crippen LogP contribution in [0.2, 0.25) is 0 Å². The summed E-state index contributed by atoms with van der Waals surface area (Å²) in [6.07, 6.45) is 6.96. The van der Waals surface area contributed by atoms with Crippen LogP contribution in [0.1, 0.15) is 43.6 Å². The Labute approximate surface area is 153 Å². The van der Waals surface area contributed by atoms with Gasteiger partial charge in [-0.25, -0.2) is 0 Å². The molecule has 1 radical (unpaired) electrons. The Morgan fingerprint density at radius 3 is 1.52 bits per heavy atom. The Hall–Kier alpha value is -2.12. The number of hydrogen-bond acceptors (Lipinski definition) is 0. The summed E-state index contributed by atoms with van der Waals surface area (Å²) >= 11 is 0. The van der Waals surface area contributed by atoms with Crippen LogP contribution in [-0.4, -0.2) is 8.80 Å². The molecule has 0 atom stereocenters. The normalized spacial score (nSPS) is 15.4. The van der Waals surface area contributed by atoms with Gasteiger partial charge in [-0.3, -0.25) is 0 Å². The number of hydrogen-bond donors (Lipinski definition) is 0. The quantitative estimate of drug-likeness (QED) is 0.491. The Balaban J connectivity index is 1.68. The second-order valence-corrected chi connectivity index (χ2v) is 9.55. The molecule has 0 amide bonds. The molecule has 1 heteroatoms. The van der Waals surface area contributed by atoms with E-state index in [9.17, 15) is 0 Å². The smallest absolute Gasteiger partial charge is 0.0624 e. The molecule has 1 saturated carbocycles. The van der Waals surface area contributed by atoms with E-state index in [2.05, 4.69) is 84.9 Å². The third-order valence-electron chi connectivity index (χ3n) is 5.40. The van der Waals surface area contributed by atoms with Crippen molar-refractivity contribution in [2.75, 3.05) is 0 Å². The van der Waals surface area contributed by atoms with Crippen molar-refractivity contribution < 1.29 is 0 Å². The lowest BCUT2D eigenvalue weighted by molar-refractivity contribution is 0.443. The molecule has 0 bridgehead atoms. The molecule has 4 rings (SSSR count). The maximum atomic E-state index is 2.40. The van der Waals surface area contributed by atoms with Gasteiger partial charge >= 0.3 is 0 Å². The van der Waals surface area contributed by atoms with Gasteiger partial charge in [-0.15, -0.1) is 0 Å². The average molecular weight is 342 g/mol. The van der Waals surface area contributed by atoms with Crippen molar-refractivity contribution in [2.24, 2.45) is 0 Å². The van der Waals surface area contributed by atoms with E-state index in [-0.39, 0.29) is 0 Å². The highest BCUT2D eigenvalue weighted by Crippen LogP contribution is 2.32. The van der Waals surface area contributed by atoms with E-state index in [0.717, 1.165) is 5.92 Å². The molecule has 0 aromatic heterocycles. The molecule has 0 N–H and O–H groups in total. The highest BCUT2D eigenvalue weighted by atomic mass is 28.3. The zero-order valence-corrected chi connectivity index (χ0v) is 15.7. The zero-order chi connectivity index (χ0) is 16.9. The molecular formula is C24H25Si. The highest BCUT2D eigenvalue weighted by Gasteiger charge is 2.20. The van der Waals surface area contributed by atoms with Crippen LogP contribution < -0.4 is 15.6 Å². The summed E-state index contributed by atoms with van der Waals surface area (Å²) < 4.78 is 0. The van der Waals surface area contributed by atoms with Crippen LogP contribution in [0.5, 0.6) is 0 Å². The molecule has 1 aliphatic carbocycles. The van der Waals surface area contributed by atoms with E-state index in [1.165, 1.54) is 47.7 Å². The zero-order valence-electron chi connectivity index (χ0n) is 14.7. The first-order valence-electron chi connectivity index (χ1n) is 9.50. The van der Waals surface area contributed by atoms with Gasteiger partial charge in [0.05, 0.1) is 0 Å². The molecule has 1 aliphatic rings. The lowest BCUT2D eigenvalue weighted by Gasteiger charge is -2.23. The maximum absolute atomic E-state index is 2.40. The fourth-order valence-electron chi connectivity index (χ4n) is 4.07. The molecule has 25 heavy (non-hydrogen) atoms. The van der Waals surface area contributed by atoms with E-state index in [4.69, 9.17) is 0 Å². The van der Waals surface area contributed by atoms with Crippen LogP contribution in [0.15, 0.2) is 84.9 Å². The molecule has 125 valence electrons. The van der Waals surface area contributed by atoms with Crippen molar-refractivity contribution in [1.82, 2.24) is 0 Å². The van der Waals surface area contributed by atoms with Crippen molar-refractivity contribution in [3.8, 4) is 0 Å². The van der Waals surface area contributed by atoms with Crippen LogP contribution in [0.4, 0.5) is 0 Å². The SMILES string of the molecule is c1ccc([Si](c2ccccc2)c2ccc(C3CCCCC3)cc2)cc1. The second kappa shape index (κ2) is 7.84. The van der Waals surface area contributed by atoms with Crippen molar-refractivity contribution >= 4 is 24.4 Å². The molecule has 0 aliphatic heterocycles.